The zero-order valence-corrected chi connectivity index (χ0v) is 9.70. The number of hydrogen-bond acceptors (Lipinski definition) is 4. The number of hydrogen-bond donors (Lipinski definition) is 2. The van der Waals surface area contributed by atoms with E-state index in [0.717, 1.165) is 5.82 Å². The van der Waals surface area contributed by atoms with Crippen LogP contribution in [0.2, 0.25) is 0 Å². The molecule has 1 aliphatic carbocycles. The molecule has 1 aromatic rings. The number of nitrogens with two attached hydrogens (primary N) is 1. The number of anilines is 2. The highest BCUT2D eigenvalue weighted by Gasteiger charge is 2.65. The lowest BCUT2D eigenvalue weighted by molar-refractivity contribution is 0.457. The first-order valence-electron chi connectivity index (χ1n) is 5.21. The molecular formula is C11H18N4. The van der Waals surface area contributed by atoms with E-state index in [1.807, 2.05) is 6.07 Å². The number of nitrogen functional groups attached to an aromatic ring is 1. The van der Waals surface area contributed by atoms with Crippen molar-refractivity contribution >= 4 is 11.6 Å². The molecule has 3 N–H and O–H groups in total. The van der Waals surface area contributed by atoms with Crippen LogP contribution in [0.1, 0.15) is 27.7 Å². The highest BCUT2D eigenvalue weighted by Crippen LogP contribution is 2.63. The second kappa shape index (κ2) is 2.84. The molecule has 4 nitrogen and oxygen atoms in total. The lowest BCUT2D eigenvalue weighted by atomic mass is 10.0. The molecule has 1 aliphatic rings. The highest BCUT2D eigenvalue weighted by molar-refractivity contribution is 5.43. The van der Waals surface area contributed by atoms with Gasteiger partial charge in [0.2, 0.25) is 0 Å². The van der Waals surface area contributed by atoms with E-state index in [4.69, 9.17) is 5.73 Å². The van der Waals surface area contributed by atoms with Crippen LogP contribution in [0.25, 0.3) is 0 Å². The van der Waals surface area contributed by atoms with Gasteiger partial charge >= 0.3 is 0 Å². The lowest BCUT2D eigenvalue weighted by Crippen LogP contribution is -2.11. The first kappa shape index (κ1) is 10.2. The molecule has 15 heavy (non-hydrogen) atoms. The van der Waals surface area contributed by atoms with Crippen LogP contribution < -0.4 is 11.1 Å². The van der Waals surface area contributed by atoms with Crippen LogP contribution in [-0.2, 0) is 0 Å². The Balaban J connectivity index is 2.09. The van der Waals surface area contributed by atoms with Gasteiger partial charge in [-0.15, -0.1) is 10.2 Å². The van der Waals surface area contributed by atoms with Gasteiger partial charge in [0.05, 0.1) is 0 Å². The van der Waals surface area contributed by atoms with E-state index in [1.54, 1.807) is 6.07 Å². The fraction of sp³-hybridized carbons (Fsp3) is 0.636. The van der Waals surface area contributed by atoms with E-state index >= 15 is 0 Å². The third-order valence-electron chi connectivity index (χ3n) is 4.00. The second-order valence-corrected chi connectivity index (χ2v) is 5.36. The van der Waals surface area contributed by atoms with Crippen LogP contribution in [0.5, 0.6) is 0 Å². The Hall–Kier alpha value is -1.32. The average molecular weight is 206 g/mol. The maximum absolute atomic E-state index is 5.48. The molecule has 1 fully saturated rings. The van der Waals surface area contributed by atoms with E-state index < -0.39 is 0 Å². The summed E-state index contributed by atoms with van der Waals surface area (Å²) < 4.78 is 0. The Bertz CT molecular complexity index is 353. The van der Waals surface area contributed by atoms with Crippen molar-refractivity contribution in [1.82, 2.24) is 10.2 Å². The fourth-order valence-corrected chi connectivity index (χ4v) is 2.12. The summed E-state index contributed by atoms with van der Waals surface area (Å²) in [5.74, 6) is 1.25. The number of nitrogens with one attached hydrogen (secondary N) is 1. The van der Waals surface area contributed by atoms with Gasteiger partial charge in [0.15, 0.2) is 0 Å². The van der Waals surface area contributed by atoms with Crippen molar-refractivity contribution in [3.05, 3.63) is 12.1 Å². The molecule has 0 bridgehead atoms. The molecule has 1 heterocycles. The Morgan fingerprint density at radius 2 is 1.73 bits per heavy atom. The van der Waals surface area contributed by atoms with Gasteiger partial charge in [0.25, 0.3) is 0 Å². The lowest BCUT2D eigenvalue weighted by Gasteiger charge is -2.06. The third-order valence-corrected chi connectivity index (χ3v) is 4.00. The summed E-state index contributed by atoms with van der Waals surface area (Å²) in [5.41, 5.74) is 6.08. The Kier molecular flexibility index (Phi) is 1.93. The molecule has 82 valence electrons. The van der Waals surface area contributed by atoms with E-state index in [0.29, 0.717) is 22.7 Å². The van der Waals surface area contributed by atoms with Gasteiger partial charge in [0.1, 0.15) is 11.6 Å². The minimum absolute atomic E-state index is 0.302. The minimum atomic E-state index is 0.302. The van der Waals surface area contributed by atoms with Crippen molar-refractivity contribution in [2.45, 2.75) is 33.7 Å². The van der Waals surface area contributed by atoms with Gasteiger partial charge in [-0.1, -0.05) is 27.7 Å². The van der Waals surface area contributed by atoms with Gasteiger partial charge in [-0.25, -0.2) is 0 Å². The number of nitrogens with zero attached hydrogens (tertiary/aromatic N) is 2. The van der Waals surface area contributed by atoms with E-state index in [2.05, 4.69) is 43.2 Å². The van der Waals surface area contributed by atoms with E-state index in [9.17, 15) is 0 Å². The summed E-state index contributed by atoms with van der Waals surface area (Å²) in [7, 11) is 0. The van der Waals surface area contributed by atoms with Crippen LogP contribution in [-0.4, -0.2) is 16.2 Å². The summed E-state index contributed by atoms with van der Waals surface area (Å²) in [4.78, 5) is 0. The van der Waals surface area contributed by atoms with E-state index in [-0.39, 0.29) is 0 Å². The van der Waals surface area contributed by atoms with Crippen LogP contribution in [0.4, 0.5) is 11.6 Å². The maximum atomic E-state index is 5.48. The number of aromatic nitrogens is 2. The molecule has 4 heteroatoms. The smallest absolute Gasteiger partial charge is 0.149 e. The van der Waals surface area contributed by atoms with Crippen LogP contribution in [0.15, 0.2) is 12.1 Å². The van der Waals surface area contributed by atoms with Gasteiger partial charge in [-0.3, -0.25) is 0 Å². The largest absolute Gasteiger partial charge is 0.382 e. The summed E-state index contributed by atoms with van der Waals surface area (Å²) in [6, 6.07) is 4.08. The normalized spacial score (nSPS) is 22.4. The quantitative estimate of drug-likeness (QED) is 0.775. The van der Waals surface area contributed by atoms with Crippen molar-refractivity contribution < 1.29 is 0 Å². The predicted octanol–water partition coefficient (Wildman–Crippen LogP) is 1.91. The van der Waals surface area contributed by atoms with Gasteiger partial charge in [-0.05, 0) is 23.0 Å². The van der Waals surface area contributed by atoms with Gasteiger partial charge in [0, 0.05) is 6.04 Å². The predicted molar refractivity (Wildman–Crippen MR) is 61.4 cm³/mol. The molecule has 1 aromatic heterocycles. The molecule has 0 spiro atoms. The summed E-state index contributed by atoms with van der Waals surface area (Å²) >= 11 is 0. The Morgan fingerprint density at radius 1 is 1.13 bits per heavy atom. The van der Waals surface area contributed by atoms with Crippen molar-refractivity contribution in [3.8, 4) is 0 Å². The zero-order chi connectivity index (χ0) is 11.3. The highest BCUT2D eigenvalue weighted by atomic mass is 15.2. The van der Waals surface area contributed by atoms with Crippen LogP contribution >= 0.6 is 0 Å². The summed E-state index contributed by atoms with van der Waals surface area (Å²) in [6.07, 6.45) is 0. The molecule has 0 aromatic carbocycles. The first-order chi connectivity index (χ1) is 6.85. The summed E-state index contributed by atoms with van der Waals surface area (Å²) in [6.45, 7) is 9.04. The van der Waals surface area contributed by atoms with Gasteiger partial charge < -0.3 is 11.1 Å². The van der Waals surface area contributed by atoms with Crippen molar-refractivity contribution in [1.29, 1.82) is 0 Å². The van der Waals surface area contributed by atoms with Crippen LogP contribution in [0, 0.1) is 10.8 Å². The summed E-state index contributed by atoms with van der Waals surface area (Å²) in [5, 5.41) is 11.2. The monoisotopic (exact) mass is 206 g/mol. The molecule has 2 rings (SSSR count). The maximum Gasteiger partial charge on any atom is 0.149 e. The van der Waals surface area contributed by atoms with Crippen molar-refractivity contribution in [3.63, 3.8) is 0 Å². The van der Waals surface area contributed by atoms with E-state index in [1.165, 1.54) is 0 Å². The molecule has 0 aliphatic heterocycles. The molecule has 0 saturated heterocycles. The van der Waals surface area contributed by atoms with Gasteiger partial charge in [-0.2, -0.15) is 0 Å². The Labute approximate surface area is 90.3 Å². The molecule has 0 unspecified atom stereocenters. The van der Waals surface area contributed by atoms with Crippen molar-refractivity contribution in [2.75, 3.05) is 11.1 Å². The number of rotatable bonds is 2. The second-order valence-electron chi connectivity index (χ2n) is 5.36. The fourth-order valence-electron chi connectivity index (χ4n) is 2.12. The molecular weight excluding hydrogens is 188 g/mol. The molecule has 1 saturated carbocycles. The molecule has 0 amide bonds. The van der Waals surface area contributed by atoms with Crippen molar-refractivity contribution in [2.24, 2.45) is 10.8 Å². The average Bonchev–Trinajstić information content (AvgIpc) is 2.52. The molecule has 0 atom stereocenters. The zero-order valence-electron chi connectivity index (χ0n) is 9.70. The minimum Gasteiger partial charge on any atom is -0.382 e. The topological polar surface area (TPSA) is 63.8 Å². The SMILES string of the molecule is CC1(C)C(Nc2ccc(N)nn2)C1(C)C. The Morgan fingerprint density at radius 3 is 2.13 bits per heavy atom. The third kappa shape index (κ3) is 1.44. The first-order valence-corrected chi connectivity index (χ1v) is 5.21. The molecule has 0 radical (unpaired) electrons. The standard InChI is InChI=1S/C11H18N4/c1-10(2)9(11(10,3)4)13-8-6-5-7(12)14-15-8/h5-6,9H,1-4H3,(H2,12,14)(H,13,15). The van der Waals surface area contributed by atoms with Crippen LogP contribution in [0.3, 0.4) is 0 Å².